The second-order valence-corrected chi connectivity index (χ2v) is 4.76. The van der Waals surface area contributed by atoms with Gasteiger partial charge >= 0.3 is 5.97 Å². The van der Waals surface area contributed by atoms with E-state index in [-0.39, 0.29) is 12.1 Å². The molecule has 5 nitrogen and oxygen atoms in total. The molecular formula is C14H12ClNO4. The summed E-state index contributed by atoms with van der Waals surface area (Å²) in [5.74, 6) is -2.47. The minimum atomic E-state index is -1.52. The molecule has 6 heteroatoms. The maximum Gasteiger partial charge on any atom is 0.363 e. The first kappa shape index (κ1) is 14.4. The predicted molar refractivity (Wildman–Crippen MR) is 71.1 cm³/mol. The van der Waals surface area contributed by atoms with Crippen LogP contribution in [0.2, 0.25) is 5.02 Å². The second kappa shape index (κ2) is 5.98. The molecule has 0 saturated carbocycles. The number of halogens is 1. The van der Waals surface area contributed by atoms with E-state index < -0.39 is 11.9 Å². The molecule has 1 aromatic carbocycles. The van der Waals surface area contributed by atoms with Crippen LogP contribution in [0.4, 0.5) is 0 Å². The Hall–Kier alpha value is -1.98. The summed E-state index contributed by atoms with van der Waals surface area (Å²) in [5, 5.41) is 23.6. The fraction of sp³-hybridized carbons (Fsp3) is 0.214. The van der Waals surface area contributed by atoms with E-state index in [1.165, 1.54) is 0 Å². The minimum Gasteiger partial charge on any atom is -0.499 e. The number of hydrogen-bond donors (Lipinski definition) is 2. The molecular weight excluding hydrogens is 282 g/mol. The molecule has 0 aliphatic carbocycles. The zero-order chi connectivity index (χ0) is 14.7. The quantitative estimate of drug-likeness (QED) is 0.612. The van der Waals surface area contributed by atoms with Crippen molar-refractivity contribution < 1.29 is 19.8 Å². The standard InChI is InChI=1S/C14H12ClNO4/c15-12-3-1-2-8-9(12)4-5-16-7-11(8)10(14(19)20)6-13(17)18/h1-3,6,16H,4-5,7H2,(H-,17,18,19,20)/b10-6+. The smallest absolute Gasteiger partial charge is 0.363 e. The second-order valence-electron chi connectivity index (χ2n) is 4.35. The van der Waals surface area contributed by atoms with E-state index in [0.717, 1.165) is 5.56 Å². The lowest BCUT2D eigenvalue weighted by Gasteiger charge is -2.15. The molecule has 0 spiro atoms. The number of carboxylic acids is 2. The molecule has 1 aliphatic heterocycles. The molecule has 0 aromatic heterocycles. The van der Waals surface area contributed by atoms with Crippen molar-refractivity contribution in [3.05, 3.63) is 51.9 Å². The van der Waals surface area contributed by atoms with E-state index in [4.69, 9.17) is 16.7 Å². The molecule has 1 aromatic rings. The van der Waals surface area contributed by atoms with Crippen LogP contribution in [0, 0.1) is 5.92 Å². The number of fused-ring (bicyclic) bond motifs is 1. The molecule has 0 bridgehead atoms. The van der Waals surface area contributed by atoms with Gasteiger partial charge in [0.15, 0.2) is 0 Å². The van der Waals surface area contributed by atoms with Crippen LogP contribution in [0.1, 0.15) is 11.1 Å². The average molecular weight is 294 g/mol. The number of aliphatic carboxylic acids is 2. The molecule has 2 rings (SSSR count). The summed E-state index contributed by atoms with van der Waals surface area (Å²) in [6.07, 6.45) is 1.30. The van der Waals surface area contributed by atoms with Gasteiger partial charge in [0, 0.05) is 24.6 Å². The lowest BCUT2D eigenvalue weighted by Crippen LogP contribution is -2.32. The highest BCUT2D eigenvalue weighted by molar-refractivity contribution is 6.31. The molecule has 0 saturated heterocycles. The van der Waals surface area contributed by atoms with Gasteiger partial charge in [0.2, 0.25) is 0 Å². The molecule has 0 fully saturated rings. The monoisotopic (exact) mass is 293 g/mol. The molecule has 0 unspecified atom stereocenters. The molecule has 2 N–H and O–H groups in total. The SMILES string of the molecule is O=C(O)/C=C(/C(=O)[O-])[C+]1CNCCc2c(Cl)cccc21. The third-order valence-electron chi connectivity index (χ3n) is 3.11. The summed E-state index contributed by atoms with van der Waals surface area (Å²) in [6.45, 7) is 0.883. The molecule has 20 heavy (non-hydrogen) atoms. The number of rotatable bonds is 3. The molecule has 0 radical (unpaired) electrons. The Bertz CT molecular complexity index is 583. The molecule has 1 aliphatic rings. The Kier molecular flexibility index (Phi) is 4.32. The Labute approximate surface area is 120 Å². The van der Waals surface area contributed by atoms with Crippen molar-refractivity contribution in [2.24, 2.45) is 0 Å². The lowest BCUT2D eigenvalue weighted by atomic mass is 9.87. The summed E-state index contributed by atoms with van der Waals surface area (Å²) in [7, 11) is 0. The number of carbonyl (C=O) groups excluding carboxylic acids is 1. The van der Waals surface area contributed by atoms with E-state index in [1.807, 2.05) is 0 Å². The van der Waals surface area contributed by atoms with Crippen molar-refractivity contribution in [2.75, 3.05) is 13.1 Å². The molecule has 1 heterocycles. The van der Waals surface area contributed by atoms with Crippen molar-refractivity contribution >= 4 is 23.5 Å². The van der Waals surface area contributed by atoms with Gasteiger partial charge in [-0.1, -0.05) is 11.6 Å². The summed E-state index contributed by atoms with van der Waals surface area (Å²) in [5.41, 5.74) is 1.13. The topological polar surface area (TPSA) is 89.5 Å². The van der Waals surface area contributed by atoms with Crippen molar-refractivity contribution in [3.63, 3.8) is 0 Å². The fourth-order valence-electron chi connectivity index (χ4n) is 2.25. The van der Waals surface area contributed by atoms with Crippen LogP contribution >= 0.6 is 11.6 Å². The van der Waals surface area contributed by atoms with Crippen LogP contribution in [-0.2, 0) is 16.0 Å². The maximum absolute atomic E-state index is 11.2. The number of benzene rings is 1. The van der Waals surface area contributed by atoms with Gasteiger partial charge in [-0.15, -0.1) is 0 Å². The molecule has 0 amide bonds. The van der Waals surface area contributed by atoms with E-state index in [0.29, 0.717) is 35.5 Å². The van der Waals surface area contributed by atoms with E-state index in [1.54, 1.807) is 18.2 Å². The van der Waals surface area contributed by atoms with E-state index >= 15 is 0 Å². The van der Waals surface area contributed by atoms with Gasteiger partial charge in [-0.05, 0) is 12.1 Å². The largest absolute Gasteiger partial charge is 0.499 e. The van der Waals surface area contributed by atoms with E-state index in [9.17, 15) is 14.7 Å². The van der Waals surface area contributed by atoms with Crippen molar-refractivity contribution in [2.45, 2.75) is 6.42 Å². The van der Waals surface area contributed by atoms with Gasteiger partial charge in [-0.2, -0.15) is 0 Å². The van der Waals surface area contributed by atoms with E-state index in [2.05, 4.69) is 5.32 Å². The first-order valence-electron chi connectivity index (χ1n) is 6.01. The van der Waals surface area contributed by atoms with Crippen molar-refractivity contribution in [1.82, 2.24) is 5.32 Å². The lowest BCUT2D eigenvalue weighted by molar-refractivity contribution is -0.299. The van der Waals surface area contributed by atoms with Crippen LogP contribution in [0.25, 0.3) is 0 Å². The Morgan fingerprint density at radius 1 is 1.45 bits per heavy atom. The number of nitrogens with one attached hydrogen (secondary N) is 1. The highest BCUT2D eigenvalue weighted by Crippen LogP contribution is 2.31. The summed E-state index contributed by atoms with van der Waals surface area (Å²) in [4.78, 5) is 22.0. The summed E-state index contributed by atoms with van der Waals surface area (Å²) >= 11 is 6.13. The first-order chi connectivity index (χ1) is 9.50. The zero-order valence-corrected chi connectivity index (χ0v) is 11.2. The highest BCUT2D eigenvalue weighted by Gasteiger charge is 2.31. The predicted octanol–water partition coefficient (Wildman–Crippen LogP) is 0.169. The third-order valence-corrected chi connectivity index (χ3v) is 3.46. The van der Waals surface area contributed by atoms with Crippen LogP contribution in [0.15, 0.2) is 29.8 Å². The van der Waals surface area contributed by atoms with Gasteiger partial charge in [-0.25, -0.2) is 4.79 Å². The third kappa shape index (κ3) is 2.95. The van der Waals surface area contributed by atoms with Gasteiger partial charge in [0.25, 0.3) is 0 Å². The van der Waals surface area contributed by atoms with Crippen LogP contribution in [0.5, 0.6) is 0 Å². The zero-order valence-electron chi connectivity index (χ0n) is 10.5. The highest BCUT2D eigenvalue weighted by atomic mass is 35.5. The van der Waals surface area contributed by atoms with Gasteiger partial charge in [0.05, 0.1) is 29.1 Å². The number of carboxylic acid groups (broad SMARTS) is 2. The van der Waals surface area contributed by atoms with Gasteiger partial charge in [0.1, 0.15) is 11.5 Å². The van der Waals surface area contributed by atoms with Crippen molar-refractivity contribution in [1.29, 1.82) is 0 Å². The molecule has 104 valence electrons. The normalized spacial score (nSPS) is 15.4. The van der Waals surface area contributed by atoms with Crippen LogP contribution in [0.3, 0.4) is 0 Å². The van der Waals surface area contributed by atoms with Crippen LogP contribution in [-0.4, -0.2) is 30.1 Å². The average Bonchev–Trinajstić information content (AvgIpc) is 2.59. The number of carbonyl (C=O) groups is 2. The minimum absolute atomic E-state index is 0.250. The number of hydrogen-bond acceptors (Lipinski definition) is 4. The maximum atomic E-state index is 11.2. The Morgan fingerprint density at radius 3 is 2.85 bits per heavy atom. The Balaban J connectivity index is 2.54. The van der Waals surface area contributed by atoms with Crippen LogP contribution < -0.4 is 10.4 Å². The Morgan fingerprint density at radius 2 is 2.20 bits per heavy atom. The fourth-order valence-corrected chi connectivity index (χ4v) is 2.52. The van der Waals surface area contributed by atoms with Crippen molar-refractivity contribution in [3.8, 4) is 0 Å². The van der Waals surface area contributed by atoms with Gasteiger partial charge in [-0.3, -0.25) is 0 Å². The summed E-state index contributed by atoms with van der Waals surface area (Å²) in [6, 6.07) is 5.17. The summed E-state index contributed by atoms with van der Waals surface area (Å²) < 4.78 is 0. The van der Waals surface area contributed by atoms with Gasteiger partial charge < -0.3 is 20.3 Å². The first-order valence-corrected chi connectivity index (χ1v) is 6.39. The molecule has 0 atom stereocenters.